The second-order valence-corrected chi connectivity index (χ2v) is 5.95. The number of carbonyl (C=O) groups is 2. The highest BCUT2D eigenvalue weighted by atomic mass is 16.5. The minimum absolute atomic E-state index is 0.0329. The van der Waals surface area contributed by atoms with Crippen LogP contribution < -0.4 is 0 Å². The molecule has 2 N–H and O–H groups in total. The van der Waals surface area contributed by atoms with Crippen LogP contribution >= 0.6 is 0 Å². The van der Waals surface area contributed by atoms with Crippen molar-refractivity contribution in [3.05, 3.63) is 60.3 Å². The quantitative estimate of drug-likeness (QED) is 0.170. The number of aliphatic carboxylic acids is 2. The molecule has 0 atom stereocenters. The molecule has 0 bridgehead atoms. The molecule has 0 saturated carbocycles. The lowest BCUT2D eigenvalue weighted by atomic mass is 10.0. The number of unbranched alkanes of at least 4 members (excludes halogenated alkanes) is 4. The van der Waals surface area contributed by atoms with E-state index in [0.29, 0.717) is 6.61 Å². The summed E-state index contributed by atoms with van der Waals surface area (Å²) in [4.78, 5) is 22.9. The molecule has 0 aliphatic rings. The van der Waals surface area contributed by atoms with Crippen LogP contribution in [0.4, 0.5) is 0 Å². The zero-order valence-corrected chi connectivity index (χ0v) is 16.2. The first kappa shape index (κ1) is 24.6. The summed E-state index contributed by atoms with van der Waals surface area (Å²) in [6, 6.07) is 0. The normalized spacial score (nSPS) is 12.8. The first-order valence-electron chi connectivity index (χ1n) is 9.41. The van der Waals surface area contributed by atoms with Crippen LogP contribution in [0.25, 0.3) is 0 Å². The van der Waals surface area contributed by atoms with Crippen molar-refractivity contribution in [2.24, 2.45) is 0 Å². The molecule has 0 aromatic rings. The van der Waals surface area contributed by atoms with E-state index in [-0.39, 0.29) is 24.2 Å². The van der Waals surface area contributed by atoms with Gasteiger partial charge in [0.1, 0.15) is 0 Å². The monoisotopic (exact) mass is 376 g/mol. The van der Waals surface area contributed by atoms with Gasteiger partial charge in [-0.1, -0.05) is 56.2 Å². The first-order valence-corrected chi connectivity index (χ1v) is 9.41. The Balaban J connectivity index is 4.65. The lowest BCUT2D eigenvalue weighted by Gasteiger charge is -2.06. The van der Waals surface area contributed by atoms with E-state index in [4.69, 9.17) is 4.74 Å². The Bertz CT molecular complexity index is 567. The summed E-state index contributed by atoms with van der Waals surface area (Å²) in [6.45, 7) is 6.27. The van der Waals surface area contributed by atoms with Gasteiger partial charge in [-0.2, -0.15) is 0 Å². The Kier molecular flexibility index (Phi) is 15.5. The Morgan fingerprint density at radius 3 is 2.33 bits per heavy atom. The number of rotatable bonds is 16. The summed E-state index contributed by atoms with van der Waals surface area (Å²) in [5, 5.41) is 18.7. The van der Waals surface area contributed by atoms with Gasteiger partial charge in [-0.05, 0) is 31.8 Å². The Hall–Kier alpha value is -2.40. The Labute approximate surface area is 162 Å². The Morgan fingerprint density at radius 1 is 0.963 bits per heavy atom. The van der Waals surface area contributed by atoms with Crippen molar-refractivity contribution in [2.45, 2.75) is 51.9 Å². The van der Waals surface area contributed by atoms with E-state index >= 15 is 0 Å². The molecule has 0 spiro atoms. The number of carboxylic acids is 2. The molecule has 0 radical (unpaired) electrons. The molecule has 0 aromatic heterocycles. The van der Waals surface area contributed by atoms with Crippen molar-refractivity contribution in [1.82, 2.24) is 0 Å². The molecule has 0 heterocycles. The van der Waals surface area contributed by atoms with Crippen molar-refractivity contribution in [3.8, 4) is 0 Å². The fraction of sp³-hybridized carbons (Fsp3) is 0.455. The van der Waals surface area contributed by atoms with Crippen LogP contribution in [-0.2, 0) is 14.3 Å². The molecule has 0 aliphatic carbocycles. The second-order valence-electron chi connectivity index (χ2n) is 5.95. The Morgan fingerprint density at radius 2 is 1.70 bits per heavy atom. The van der Waals surface area contributed by atoms with Crippen molar-refractivity contribution < 1.29 is 24.5 Å². The fourth-order valence-corrected chi connectivity index (χ4v) is 2.20. The van der Waals surface area contributed by atoms with Gasteiger partial charge in [0.25, 0.3) is 0 Å². The largest absolute Gasteiger partial charge is 0.478 e. The topological polar surface area (TPSA) is 83.8 Å². The number of carboxylic acid groups (broad SMARTS) is 2. The van der Waals surface area contributed by atoms with E-state index in [1.54, 1.807) is 12.2 Å². The zero-order valence-electron chi connectivity index (χ0n) is 16.2. The summed E-state index contributed by atoms with van der Waals surface area (Å²) < 4.78 is 5.39. The lowest BCUT2D eigenvalue weighted by molar-refractivity contribution is -0.135. The average Bonchev–Trinajstić information content (AvgIpc) is 2.63. The molecular weight excluding hydrogens is 344 g/mol. The standard InChI is InChI=1S/C22H32O5/c1-3-5-7-9-11-13-15-19(21(23)24)20(22(25)26)16-18-27-17-14-12-10-8-6-4-2/h4,9,11-15H,2-3,5-8,10,16-18H2,1H3,(H,23,24)(H,25,26)/b11-9?,14-12?,15-13?,20-19+. The van der Waals surface area contributed by atoms with E-state index in [0.717, 1.165) is 38.5 Å². The van der Waals surface area contributed by atoms with Gasteiger partial charge >= 0.3 is 11.9 Å². The highest BCUT2D eigenvalue weighted by Gasteiger charge is 2.17. The molecule has 27 heavy (non-hydrogen) atoms. The number of hydrogen-bond acceptors (Lipinski definition) is 3. The third-order valence-corrected chi connectivity index (χ3v) is 3.70. The number of ether oxygens (including phenoxy) is 1. The molecule has 0 fully saturated rings. The van der Waals surface area contributed by atoms with Gasteiger partial charge in [-0.3, -0.25) is 0 Å². The van der Waals surface area contributed by atoms with E-state index < -0.39 is 11.9 Å². The van der Waals surface area contributed by atoms with Crippen LogP contribution in [0.5, 0.6) is 0 Å². The number of allylic oxidation sites excluding steroid dienone is 5. The maximum atomic E-state index is 11.4. The van der Waals surface area contributed by atoms with Gasteiger partial charge in [0.15, 0.2) is 0 Å². The van der Waals surface area contributed by atoms with Gasteiger partial charge in [0.2, 0.25) is 0 Å². The maximum Gasteiger partial charge on any atom is 0.336 e. The fourth-order valence-electron chi connectivity index (χ4n) is 2.20. The molecular formula is C22H32O5. The van der Waals surface area contributed by atoms with Crippen LogP contribution in [0, 0.1) is 0 Å². The molecule has 0 aromatic carbocycles. The molecule has 0 rings (SSSR count). The molecule has 0 aliphatic heterocycles. The van der Waals surface area contributed by atoms with Crippen molar-refractivity contribution >= 4 is 11.9 Å². The number of hydrogen-bond donors (Lipinski definition) is 2. The predicted octanol–water partition coefficient (Wildman–Crippen LogP) is 5.07. The van der Waals surface area contributed by atoms with Gasteiger partial charge < -0.3 is 14.9 Å². The van der Waals surface area contributed by atoms with Crippen LogP contribution in [0.1, 0.15) is 51.9 Å². The van der Waals surface area contributed by atoms with Crippen LogP contribution in [-0.4, -0.2) is 35.4 Å². The summed E-state index contributed by atoms with van der Waals surface area (Å²) in [5.41, 5.74) is -0.373. The van der Waals surface area contributed by atoms with Crippen molar-refractivity contribution in [2.75, 3.05) is 13.2 Å². The molecule has 150 valence electrons. The van der Waals surface area contributed by atoms with Crippen molar-refractivity contribution in [1.29, 1.82) is 0 Å². The smallest absolute Gasteiger partial charge is 0.336 e. The molecule has 5 nitrogen and oxygen atoms in total. The zero-order chi connectivity index (χ0) is 20.3. The van der Waals surface area contributed by atoms with Gasteiger partial charge in [-0.15, -0.1) is 6.58 Å². The minimum Gasteiger partial charge on any atom is -0.478 e. The third-order valence-electron chi connectivity index (χ3n) is 3.70. The van der Waals surface area contributed by atoms with E-state index in [1.807, 2.05) is 24.3 Å². The molecule has 5 heteroatoms. The van der Waals surface area contributed by atoms with E-state index in [9.17, 15) is 19.8 Å². The van der Waals surface area contributed by atoms with Crippen LogP contribution in [0.3, 0.4) is 0 Å². The van der Waals surface area contributed by atoms with Crippen LogP contribution in [0.2, 0.25) is 0 Å². The predicted molar refractivity (Wildman–Crippen MR) is 109 cm³/mol. The molecule has 0 unspecified atom stereocenters. The highest BCUT2D eigenvalue weighted by molar-refractivity contribution is 6.00. The third kappa shape index (κ3) is 13.5. The van der Waals surface area contributed by atoms with E-state index in [1.165, 1.54) is 6.08 Å². The lowest BCUT2D eigenvalue weighted by Crippen LogP contribution is -2.12. The van der Waals surface area contributed by atoms with E-state index in [2.05, 4.69) is 13.5 Å². The molecule has 0 saturated heterocycles. The van der Waals surface area contributed by atoms with Gasteiger partial charge in [0.05, 0.1) is 24.4 Å². The summed E-state index contributed by atoms with van der Waals surface area (Å²) in [6.07, 6.45) is 18.4. The SMILES string of the molecule is C=CCCCC=CCOCC/C(C(=O)O)=C(/C=CC=CCCCC)C(=O)O. The average molecular weight is 376 g/mol. The molecule has 0 amide bonds. The second kappa shape index (κ2) is 17.0. The minimum atomic E-state index is -1.26. The van der Waals surface area contributed by atoms with Gasteiger partial charge in [0, 0.05) is 6.42 Å². The van der Waals surface area contributed by atoms with Crippen LogP contribution in [0.15, 0.2) is 60.3 Å². The highest BCUT2D eigenvalue weighted by Crippen LogP contribution is 2.13. The van der Waals surface area contributed by atoms with Crippen molar-refractivity contribution in [3.63, 3.8) is 0 Å². The summed E-state index contributed by atoms with van der Waals surface area (Å²) >= 11 is 0. The summed E-state index contributed by atoms with van der Waals surface area (Å²) in [7, 11) is 0. The maximum absolute atomic E-state index is 11.4. The summed E-state index contributed by atoms with van der Waals surface area (Å²) in [5.74, 6) is -2.50. The first-order chi connectivity index (χ1) is 13.0. The van der Waals surface area contributed by atoms with Gasteiger partial charge in [-0.25, -0.2) is 9.59 Å².